The number of sulfonamides is 1. The van der Waals surface area contributed by atoms with E-state index in [-0.39, 0.29) is 28.8 Å². The van der Waals surface area contributed by atoms with Crippen LogP contribution in [0.1, 0.15) is 74.7 Å². The summed E-state index contributed by atoms with van der Waals surface area (Å²) in [5.74, 6) is -1.09. The number of benzene rings is 2. The third-order valence-corrected chi connectivity index (χ3v) is 9.40. The molecule has 2 aromatic rings. The van der Waals surface area contributed by atoms with Crippen molar-refractivity contribution in [3.05, 3.63) is 74.5 Å². The second-order valence-corrected chi connectivity index (χ2v) is 13.2. The Labute approximate surface area is 249 Å². The van der Waals surface area contributed by atoms with Crippen LogP contribution in [0.2, 0.25) is 0 Å². The first-order valence-electron chi connectivity index (χ1n) is 13.6. The topological polar surface area (TPSA) is 154 Å². The number of carbonyl (C=O) groups excluding carboxylic acids is 2. The number of allylic oxidation sites excluding steroid dienone is 4. The third kappa shape index (κ3) is 6.66. The first kappa shape index (κ1) is 30.3. The standard InChI is InChI=1S/C30H34BrN5O4S/c1-4-7-18-11-24-28(26(37)12-18)27(22(16-32)17(3)34-24)20-14-23(31)29(25(15-20)36-41(39,40)10-5-2)35-30(38)19-8-6-9-21(33)13-19/h6,8-9,13-15,18,27,34,36H,4-5,7,10-12,33H2,1-3H3,(H,35,38). The molecular formula is C30H34BrN5O4S. The summed E-state index contributed by atoms with van der Waals surface area (Å²) in [6, 6.07) is 12.0. The molecule has 5 N–H and O–H groups in total. The predicted molar refractivity (Wildman–Crippen MR) is 165 cm³/mol. The second-order valence-electron chi connectivity index (χ2n) is 10.5. The van der Waals surface area contributed by atoms with Crippen molar-refractivity contribution in [1.82, 2.24) is 5.32 Å². The van der Waals surface area contributed by atoms with Crippen LogP contribution in [-0.4, -0.2) is 25.9 Å². The summed E-state index contributed by atoms with van der Waals surface area (Å²) in [5, 5.41) is 16.3. The number of amides is 1. The van der Waals surface area contributed by atoms with Crippen LogP contribution in [0, 0.1) is 17.2 Å². The van der Waals surface area contributed by atoms with E-state index in [4.69, 9.17) is 5.73 Å². The van der Waals surface area contributed by atoms with Gasteiger partial charge in [0.2, 0.25) is 10.0 Å². The first-order valence-corrected chi connectivity index (χ1v) is 16.1. The van der Waals surface area contributed by atoms with Gasteiger partial charge < -0.3 is 16.4 Å². The Hall–Kier alpha value is -3.62. The van der Waals surface area contributed by atoms with Crippen LogP contribution in [-0.2, 0) is 14.8 Å². The van der Waals surface area contributed by atoms with Crippen molar-refractivity contribution < 1.29 is 18.0 Å². The quantitative estimate of drug-likeness (QED) is 0.247. The number of hydrogen-bond donors (Lipinski definition) is 4. The minimum atomic E-state index is -3.77. The number of carbonyl (C=O) groups is 2. The third-order valence-electron chi connectivity index (χ3n) is 7.30. The van der Waals surface area contributed by atoms with Gasteiger partial charge in [-0.1, -0.05) is 26.3 Å². The Balaban J connectivity index is 1.85. The van der Waals surface area contributed by atoms with Crippen molar-refractivity contribution in [3.8, 4) is 6.07 Å². The lowest BCUT2D eigenvalue weighted by Crippen LogP contribution is -2.34. The number of hydrogen-bond acceptors (Lipinski definition) is 7. The highest BCUT2D eigenvalue weighted by molar-refractivity contribution is 9.10. The van der Waals surface area contributed by atoms with Crippen LogP contribution < -0.4 is 21.1 Å². The number of nitriles is 1. The van der Waals surface area contributed by atoms with Crippen LogP contribution >= 0.6 is 15.9 Å². The molecule has 2 unspecified atom stereocenters. The highest BCUT2D eigenvalue weighted by atomic mass is 79.9. The van der Waals surface area contributed by atoms with E-state index in [0.29, 0.717) is 57.4 Å². The number of nitrogens with zero attached hydrogens (tertiary/aromatic N) is 1. The zero-order valence-electron chi connectivity index (χ0n) is 23.3. The lowest BCUT2D eigenvalue weighted by Gasteiger charge is -2.35. The number of dihydropyridines is 1. The molecule has 0 saturated heterocycles. The van der Waals surface area contributed by atoms with E-state index in [2.05, 4.69) is 44.3 Å². The van der Waals surface area contributed by atoms with E-state index in [1.54, 1.807) is 37.3 Å². The number of nitrogen functional groups attached to an aromatic ring is 1. The van der Waals surface area contributed by atoms with Crippen molar-refractivity contribution >= 4 is 54.7 Å². The predicted octanol–water partition coefficient (Wildman–Crippen LogP) is 5.95. The van der Waals surface area contributed by atoms with Crippen molar-refractivity contribution in [3.63, 3.8) is 0 Å². The monoisotopic (exact) mass is 639 g/mol. The maximum atomic E-state index is 13.5. The molecule has 1 heterocycles. The molecular weight excluding hydrogens is 606 g/mol. The van der Waals surface area contributed by atoms with Gasteiger partial charge in [-0.25, -0.2) is 8.42 Å². The fourth-order valence-electron chi connectivity index (χ4n) is 5.57. The van der Waals surface area contributed by atoms with Crippen LogP contribution in [0.5, 0.6) is 0 Å². The van der Waals surface area contributed by atoms with Gasteiger partial charge in [-0.3, -0.25) is 14.3 Å². The van der Waals surface area contributed by atoms with E-state index >= 15 is 0 Å². The Morgan fingerprint density at radius 3 is 2.61 bits per heavy atom. The average Bonchev–Trinajstić information content (AvgIpc) is 2.89. The molecule has 0 fully saturated rings. The minimum absolute atomic E-state index is 0.0225. The first-order chi connectivity index (χ1) is 19.5. The molecule has 2 aromatic carbocycles. The SMILES string of the molecule is CCCC1CC(=O)C2=C(C1)NC(C)=C(C#N)C2c1cc(Br)c(NC(=O)c2cccc(N)c2)c(NS(=O)(=O)CCC)c1. The Morgan fingerprint density at radius 2 is 1.95 bits per heavy atom. The summed E-state index contributed by atoms with van der Waals surface area (Å²) in [5.41, 5.74) is 9.84. The average molecular weight is 641 g/mol. The number of halogens is 1. The molecule has 0 saturated carbocycles. The highest BCUT2D eigenvalue weighted by Crippen LogP contribution is 2.46. The fraction of sp³-hybridized carbons (Fsp3) is 0.367. The molecule has 9 nitrogen and oxygen atoms in total. The number of anilines is 3. The molecule has 1 amide bonds. The number of Topliss-reactive ketones (excluding diaryl/α,β-unsaturated/α-hetero) is 1. The summed E-state index contributed by atoms with van der Waals surface area (Å²) in [6.45, 7) is 5.66. The summed E-state index contributed by atoms with van der Waals surface area (Å²) < 4.78 is 28.8. The van der Waals surface area contributed by atoms with Gasteiger partial charge in [-0.15, -0.1) is 0 Å². The molecule has 2 atom stereocenters. The largest absolute Gasteiger partial charge is 0.399 e. The van der Waals surface area contributed by atoms with Gasteiger partial charge in [0.1, 0.15) is 0 Å². The molecule has 2 aliphatic rings. The molecule has 11 heteroatoms. The zero-order chi connectivity index (χ0) is 29.9. The van der Waals surface area contributed by atoms with E-state index in [9.17, 15) is 23.3 Å². The molecule has 4 rings (SSSR count). The zero-order valence-corrected chi connectivity index (χ0v) is 25.7. The van der Waals surface area contributed by atoms with Gasteiger partial charge in [0.15, 0.2) is 5.78 Å². The van der Waals surface area contributed by atoms with Gasteiger partial charge in [0.05, 0.1) is 34.7 Å². The van der Waals surface area contributed by atoms with Gasteiger partial charge in [0, 0.05) is 39.1 Å². The molecule has 41 heavy (non-hydrogen) atoms. The maximum Gasteiger partial charge on any atom is 0.255 e. The molecule has 0 spiro atoms. The summed E-state index contributed by atoms with van der Waals surface area (Å²) in [7, 11) is -3.77. The Morgan fingerprint density at radius 1 is 1.20 bits per heavy atom. The van der Waals surface area contributed by atoms with E-state index in [0.717, 1.165) is 18.5 Å². The number of ketones is 1. The van der Waals surface area contributed by atoms with Crippen molar-refractivity contribution in [2.24, 2.45) is 5.92 Å². The molecule has 0 bridgehead atoms. The van der Waals surface area contributed by atoms with E-state index < -0.39 is 21.8 Å². The fourth-order valence-corrected chi connectivity index (χ4v) is 7.28. The summed E-state index contributed by atoms with van der Waals surface area (Å²) >= 11 is 3.53. The molecule has 0 aromatic heterocycles. The highest BCUT2D eigenvalue weighted by Gasteiger charge is 2.39. The van der Waals surface area contributed by atoms with Gasteiger partial charge >= 0.3 is 0 Å². The molecule has 1 aliphatic carbocycles. The lowest BCUT2D eigenvalue weighted by molar-refractivity contribution is -0.117. The smallest absolute Gasteiger partial charge is 0.255 e. The van der Waals surface area contributed by atoms with Crippen LogP contribution in [0.3, 0.4) is 0 Å². The number of nitrogens with one attached hydrogen (secondary N) is 3. The summed E-state index contributed by atoms with van der Waals surface area (Å²) in [4.78, 5) is 26.7. The summed E-state index contributed by atoms with van der Waals surface area (Å²) in [6.07, 6.45) is 3.39. The van der Waals surface area contributed by atoms with Crippen molar-refractivity contribution in [1.29, 1.82) is 5.26 Å². The van der Waals surface area contributed by atoms with E-state index in [1.165, 1.54) is 6.07 Å². The van der Waals surface area contributed by atoms with Gasteiger partial charge in [-0.05, 0) is 83.9 Å². The minimum Gasteiger partial charge on any atom is -0.399 e. The second kappa shape index (κ2) is 12.5. The lowest BCUT2D eigenvalue weighted by atomic mass is 9.72. The van der Waals surface area contributed by atoms with Crippen molar-refractivity contribution in [2.45, 2.75) is 58.8 Å². The normalized spacial score (nSPS) is 18.9. The number of nitrogens with two attached hydrogens (primary N) is 1. The van der Waals surface area contributed by atoms with Crippen LogP contribution in [0.15, 0.2) is 63.4 Å². The maximum absolute atomic E-state index is 13.5. The van der Waals surface area contributed by atoms with Gasteiger partial charge in [-0.2, -0.15) is 5.26 Å². The molecule has 216 valence electrons. The van der Waals surface area contributed by atoms with Crippen LogP contribution in [0.25, 0.3) is 0 Å². The van der Waals surface area contributed by atoms with Crippen molar-refractivity contribution in [2.75, 3.05) is 21.5 Å². The van der Waals surface area contributed by atoms with Crippen LogP contribution in [0.4, 0.5) is 17.1 Å². The van der Waals surface area contributed by atoms with E-state index in [1.807, 2.05) is 6.92 Å². The number of rotatable bonds is 9. The molecule has 1 aliphatic heterocycles. The Kier molecular flexibility index (Phi) is 9.24. The molecule has 0 radical (unpaired) electrons. The van der Waals surface area contributed by atoms with Gasteiger partial charge in [0.25, 0.3) is 5.91 Å². The Bertz CT molecular complexity index is 1610.